The second-order valence-corrected chi connectivity index (χ2v) is 11.1. The third-order valence-electron chi connectivity index (χ3n) is 8.42. The average molecular weight is 473 g/mol. The van der Waals surface area contributed by atoms with E-state index in [2.05, 4.69) is 83.7 Å². The molecular formula is C32H28N2S. The van der Waals surface area contributed by atoms with E-state index < -0.39 is 0 Å². The van der Waals surface area contributed by atoms with Crippen LogP contribution in [0.1, 0.15) is 49.2 Å². The normalized spacial score (nSPS) is 15.3. The van der Waals surface area contributed by atoms with Gasteiger partial charge in [0.2, 0.25) is 0 Å². The van der Waals surface area contributed by atoms with E-state index in [9.17, 15) is 0 Å². The van der Waals surface area contributed by atoms with Gasteiger partial charge < -0.3 is 9.13 Å². The highest BCUT2D eigenvalue weighted by molar-refractivity contribution is 7.27. The number of benzene rings is 3. The number of thiophene rings is 1. The monoisotopic (exact) mass is 472 g/mol. The van der Waals surface area contributed by atoms with Crippen molar-refractivity contribution >= 4 is 76.2 Å². The highest BCUT2D eigenvalue weighted by Gasteiger charge is 2.25. The van der Waals surface area contributed by atoms with E-state index in [4.69, 9.17) is 0 Å². The van der Waals surface area contributed by atoms with E-state index in [0.29, 0.717) is 0 Å². The van der Waals surface area contributed by atoms with Gasteiger partial charge in [0.25, 0.3) is 0 Å². The van der Waals surface area contributed by atoms with Crippen LogP contribution in [0.3, 0.4) is 0 Å². The Labute approximate surface area is 208 Å². The second kappa shape index (κ2) is 7.11. The Morgan fingerprint density at radius 1 is 0.743 bits per heavy atom. The smallest absolute Gasteiger partial charge is 0.0676 e. The summed E-state index contributed by atoms with van der Waals surface area (Å²) in [4.78, 5) is 0. The first-order valence-electron chi connectivity index (χ1n) is 13.1. The predicted molar refractivity (Wildman–Crippen MR) is 154 cm³/mol. The van der Waals surface area contributed by atoms with Crippen molar-refractivity contribution in [1.82, 2.24) is 9.13 Å². The highest BCUT2D eigenvalue weighted by atomic mass is 32.1. The molecule has 3 aromatic carbocycles. The predicted octanol–water partition coefficient (Wildman–Crippen LogP) is 9.08. The van der Waals surface area contributed by atoms with Crippen LogP contribution in [0.25, 0.3) is 64.9 Å². The number of aryl methyl sites for hydroxylation is 4. The lowest BCUT2D eigenvalue weighted by molar-refractivity contribution is 0.778. The van der Waals surface area contributed by atoms with Crippen LogP contribution < -0.4 is 0 Å². The lowest BCUT2D eigenvalue weighted by atomic mass is 9.94. The maximum Gasteiger partial charge on any atom is 0.0676 e. The van der Waals surface area contributed by atoms with Crippen molar-refractivity contribution in [1.29, 1.82) is 0 Å². The molecule has 0 N–H and O–H groups in total. The molecule has 3 aromatic heterocycles. The van der Waals surface area contributed by atoms with Crippen molar-refractivity contribution in [3.05, 3.63) is 71.1 Å². The van der Waals surface area contributed by atoms with Crippen LogP contribution in [0.15, 0.2) is 48.6 Å². The minimum atomic E-state index is 1.00. The summed E-state index contributed by atoms with van der Waals surface area (Å²) in [5.41, 5.74) is 8.77. The number of hydrogen-bond donors (Lipinski definition) is 0. The van der Waals surface area contributed by atoms with Crippen LogP contribution >= 0.6 is 11.3 Å². The summed E-state index contributed by atoms with van der Waals surface area (Å²) in [6, 6.07) is 14.2. The number of allylic oxidation sites excluding steroid dienone is 2. The molecule has 0 saturated heterocycles. The number of nitrogens with zero attached hydrogens (tertiary/aromatic N) is 2. The molecule has 35 heavy (non-hydrogen) atoms. The Morgan fingerprint density at radius 2 is 1.43 bits per heavy atom. The van der Waals surface area contributed by atoms with Crippen molar-refractivity contribution in [2.24, 2.45) is 0 Å². The van der Waals surface area contributed by atoms with Crippen LogP contribution in [0.5, 0.6) is 0 Å². The topological polar surface area (TPSA) is 9.86 Å². The third-order valence-corrected chi connectivity index (χ3v) is 9.58. The first kappa shape index (κ1) is 19.9. The number of hydrogen-bond acceptors (Lipinski definition) is 1. The van der Waals surface area contributed by atoms with Gasteiger partial charge in [-0.1, -0.05) is 36.4 Å². The van der Waals surface area contributed by atoms with Crippen molar-refractivity contribution < 1.29 is 0 Å². The van der Waals surface area contributed by atoms with Crippen LogP contribution in [0, 0.1) is 0 Å². The fraction of sp³-hybridized carbons (Fsp3) is 0.250. The number of rotatable bonds is 2. The lowest BCUT2D eigenvalue weighted by Gasteiger charge is -2.09. The fourth-order valence-electron chi connectivity index (χ4n) is 7.01. The summed E-state index contributed by atoms with van der Waals surface area (Å²) in [6.07, 6.45) is 14.0. The van der Waals surface area contributed by atoms with Crippen LogP contribution in [0.2, 0.25) is 0 Å². The molecule has 0 atom stereocenters. The molecule has 0 fully saturated rings. The molecule has 0 aliphatic heterocycles. The minimum Gasteiger partial charge on any atom is -0.341 e. The first-order chi connectivity index (χ1) is 17.3. The molecule has 3 heteroatoms. The van der Waals surface area contributed by atoms with E-state index in [0.717, 1.165) is 38.8 Å². The van der Waals surface area contributed by atoms with Gasteiger partial charge >= 0.3 is 0 Å². The van der Waals surface area contributed by atoms with Crippen LogP contribution in [-0.2, 0) is 25.9 Å². The fourth-order valence-corrected chi connectivity index (χ4v) is 8.30. The SMILES string of the molecule is CCn1c2c(c3cc4c(cc31)sc1c4c3ccccc3c3c4c(n(CC)c13)C=CCC4)CCC=C2. The molecule has 3 heterocycles. The van der Waals surface area contributed by atoms with Gasteiger partial charge in [0, 0.05) is 50.7 Å². The maximum atomic E-state index is 2.59. The molecule has 0 radical (unpaired) electrons. The second-order valence-electron chi connectivity index (χ2n) is 10.0. The van der Waals surface area contributed by atoms with Gasteiger partial charge in [-0.3, -0.25) is 0 Å². The molecule has 0 spiro atoms. The Bertz CT molecular complexity index is 1920. The largest absolute Gasteiger partial charge is 0.341 e. The molecule has 172 valence electrons. The Kier molecular flexibility index (Phi) is 4.05. The molecule has 0 unspecified atom stereocenters. The first-order valence-corrected chi connectivity index (χ1v) is 13.9. The van der Waals surface area contributed by atoms with Crippen LogP contribution in [0.4, 0.5) is 0 Å². The van der Waals surface area contributed by atoms with Crippen molar-refractivity contribution in [3.8, 4) is 0 Å². The zero-order valence-electron chi connectivity index (χ0n) is 20.3. The zero-order chi connectivity index (χ0) is 23.3. The standard InChI is InChI=1S/C32H28N2S/c1-3-33-25-15-9-7-11-19(25)23-17-24-28(18-27(23)33)35-32-30(24)21-13-6-5-12-20(21)29-22-14-8-10-16-26(22)34(4-2)31(29)32/h5-6,9-10,12-13,15-18H,3-4,7-8,11,14H2,1-2H3. The molecule has 6 aromatic rings. The molecule has 2 aliphatic rings. The van der Waals surface area contributed by atoms with Crippen molar-refractivity contribution in [2.45, 2.75) is 52.6 Å². The highest BCUT2D eigenvalue weighted by Crippen LogP contribution is 2.48. The summed E-state index contributed by atoms with van der Waals surface area (Å²) < 4.78 is 7.98. The van der Waals surface area contributed by atoms with Crippen LogP contribution in [-0.4, -0.2) is 9.13 Å². The van der Waals surface area contributed by atoms with Crippen molar-refractivity contribution in [3.63, 3.8) is 0 Å². The summed E-state index contributed by atoms with van der Waals surface area (Å²) >= 11 is 2.00. The molecular weight excluding hydrogens is 444 g/mol. The number of aromatic nitrogens is 2. The average Bonchev–Trinajstić information content (AvgIpc) is 3.54. The third kappa shape index (κ3) is 2.44. The van der Waals surface area contributed by atoms with E-state index in [-0.39, 0.29) is 0 Å². The Hall–Kier alpha value is -3.30. The molecule has 2 nitrogen and oxygen atoms in total. The van der Waals surface area contributed by atoms with Gasteiger partial charge in [-0.05, 0) is 85.7 Å². The maximum absolute atomic E-state index is 2.59. The summed E-state index contributed by atoms with van der Waals surface area (Å²) in [5, 5.41) is 8.66. The van der Waals surface area contributed by atoms with Gasteiger partial charge in [0.05, 0.1) is 15.7 Å². The van der Waals surface area contributed by atoms with E-state index in [1.54, 1.807) is 5.56 Å². The van der Waals surface area contributed by atoms with Crippen molar-refractivity contribution in [2.75, 3.05) is 0 Å². The van der Waals surface area contributed by atoms with E-state index in [1.165, 1.54) is 69.7 Å². The molecule has 0 amide bonds. The molecule has 0 saturated carbocycles. The lowest BCUT2D eigenvalue weighted by Crippen LogP contribution is -2.00. The quantitative estimate of drug-likeness (QED) is 0.238. The minimum absolute atomic E-state index is 1.00. The van der Waals surface area contributed by atoms with Gasteiger partial charge in [0.15, 0.2) is 0 Å². The van der Waals surface area contributed by atoms with E-state index in [1.807, 2.05) is 11.3 Å². The molecule has 0 bridgehead atoms. The molecule has 2 aliphatic carbocycles. The Balaban J connectivity index is 1.62. The van der Waals surface area contributed by atoms with Gasteiger partial charge in [-0.25, -0.2) is 0 Å². The van der Waals surface area contributed by atoms with Gasteiger partial charge in [-0.2, -0.15) is 0 Å². The Morgan fingerprint density at radius 3 is 2.17 bits per heavy atom. The number of fused-ring (bicyclic) bond motifs is 13. The summed E-state index contributed by atoms with van der Waals surface area (Å²) in [7, 11) is 0. The van der Waals surface area contributed by atoms with Gasteiger partial charge in [-0.15, -0.1) is 11.3 Å². The molecule has 8 rings (SSSR count). The van der Waals surface area contributed by atoms with E-state index >= 15 is 0 Å². The summed E-state index contributed by atoms with van der Waals surface area (Å²) in [6.45, 7) is 6.59. The van der Waals surface area contributed by atoms with Gasteiger partial charge in [0.1, 0.15) is 0 Å². The summed E-state index contributed by atoms with van der Waals surface area (Å²) in [5.74, 6) is 0. The zero-order valence-corrected chi connectivity index (χ0v) is 21.1.